The third-order valence-corrected chi connectivity index (χ3v) is 7.32. The highest BCUT2D eigenvalue weighted by atomic mass is 35.5. The maximum atomic E-state index is 13.6. The largest absolute Gasteiger partial charge is 0.464 e. The van der Waals surface area contributed by atoms with Gasteiger partial charge in [-0.15, -0.1) is 0 Å². The number of ether oxygens (including phenoxy) is 2. The molecule has 0 aliphatic heterocycles. The first-order valence-electron chi connectivity index (χ1n) is 14.0. The number of hydrogen-bond acceptors (Lipinski definition) is 6. The average molecular weight is 586 g/mol. The molecule has 8 nitrogen and oxygen atoms in total. The number of aromatic nitrogens is 5. The molecule has 1 aromatic carbocycles. The minimum atomic E-state index is -0.990. The van der Waals surface area contributed by atoms with Crippen LogP contribution >= 0.6 is 11.6 Å². The van der Waals surface area contributed by atoms with Gasteiger partial charge in [-0.2, -0.15) is 5.10 Å². The molecule has 0 saturated carbocycles. The van der Waals surface area contributed by atoms with Gasteiger partial charge in [0.05, 0.1) is 30.6 Å². The summed E-state index contributed by atoms with van der Waals surface area (Å²) in [5.74, 6) is -0.452. The van der Waals surface area contributed by atoms with Crippen LogP contribution in [0.1, 0.15) is 56.2 Å². The van der Waals surface area contributed by atoms with Crippen LogP contribution in [0.4, 0.5) is 0 Å². The third-order valence-electron chi connectivity index (χ3n) is 7.06. The van der Waals surface area contributed by atoms with Crippen LogP contribution in [0.15, 0.2) is 61.2 Å². The quantitative estimate of drug-likeness (QED) is 0.179. The van der Waals surface area contributed by atoms with Crippen LogP contribution in [-0.2, 0) is 27.9 Å². The van der Waals surface area contributed by atoms with Crippen molar-refractivity contribution < 1.29 is 14.3 Å². The van der Waals surface area contributed by atoms with E-state index in [1.807, 2.05) is 89.7 Å². The van der Waals surface area contributed by atoms with Gasteiger partial charge in [-0.1, -0.05) is 23.7 Å². The highest BCUT2D eigenvalue weighted by Crippen LogP contribution is 2.44. The molecule has 0 aliphatic rings. The molecular formula is C33H36ClN5O3. The molecule has 218 valence electrons. The number of benzene rings is 1. The highest BCUT2D eigenvalue weighted by molar-refractivity contribution is 6.30. The van der Waals surface area contributed by atoms with Gasteiger partial charge >= 0.3 is 5.97 Å². The lowest BCUT2D eigenvalue weighted by atomic mass is 9.90. The van der Waals surface area contributed by atoms with Gasteiger partial charge in [-0.25, -0.2) is 9.78 Å². The van der Waals surface area contributed by atoms with Crippen LogP contribution in [0.3, 0.4) is 0 Å². The number of hydrogen-bond donors (Lipinski definition) is 0. The lowest BCUT2D eigenvalue weighted by Crippen LogP contribution is -2.30. The second kappa shape index (κ2) is 11.7. The number of aryl methyl sites for hydroxylation is 3. The Morgan fingerprint density at radius 1 is 1.07 bits per heavy atom. The summed E-state index contributed by atoms with van der Waals surface area (Å²) >= 11 is 6.33. The molecule has 0 spiro atoms. The van der Waals surface area contributed by atoms with Crippen molar-refractivity contribution in [2.24, 2.45) is 7.05 Å². The first kappa shape index (κ1) is 29.5. The maximum Gasteiger partial charge on any atom is 0.340 e. The fraction of sp³-hybridized carbons (Fsp3) is 0.333. The molecule has 0 radical (unpaired) electrons. The summed E-state index contributed by atoms with van der Waals surface area (Å²) in [6.45, 7) is 12.4. The third kappa shape index (κ3) is 5.82. The van der Waals surface area contributed by atoms with Crippen molar-refractivity contribution >= 4 is 28.6 Å². The van der Waals surface area contributed by atoms with E-state index in [0.717, 1.165) is 44.5 Å². The number of rotatable bonds is 8. The molecule has 0 fully saturated rings. The summed E-state index contributed by atoms with van der Waals surface area (Å²) in [4.78, 5) is 23.2. The molecule has 0 N–H and O–H groups in total. The summed E-state index contributed by atoms with van der Waals surface area (Å²) in [7, 11) is 1.91. The second-order valence-electron chi connectivity index (χ2n) is 11.4. The van der Waals surface area contributed by atoms with E-state index in [1.165, 1.54) is 0 Å². The molecule has 9 heteroatoms. The first-order chi connectivity index (χ1) is 20.0. The number of pyridine rings is 2. The van der Waals surface area contributed by atoms with Crippen molar-refractivity contribution in [2.75, 3.05) is 6.61 Å². The minimum Gasteiger partial charge on any atom is -0.464 e. The van der Waals surface area contributed by atoms with Gasteiger partial charge in [-0.3, -0.25) is 9.67 Å². The van der Waals surface area contributed by atoms with Gasteiger partial charge in [0.1, 0.15) is 5.65 Å². The van der Waals surface area contributed by atoms with Gasteiger partial charge in [0.15, 0.2) is 6.10 Å². The van der Waals surface area contributed by atoms with Gasteiger partial charge in [-0.05, 0) is 76.9 Å². The van der Waals surface area contributed by atoms with Crippen LogP contribution in [0, 0.1) is 13.8 Å². The molecule has 42 heavy (non-hydrogen) atoms. The Labute approximate surface area is 251 Å². The Morgan fingerprint density at radius 3 is 2.40 bits per heavy atom. The van der Waals surface area contributed by atoms with E-state index in [0.29, 0.717) is 22.8 Å². The molecule has 1 atom stereocenters. The molecule has 0 amide bonds. The van der Waals surface area contributed by atoms with Crippen molar-refractivity contribution in [2.45, 2.75) is 59.8 Å². The molecule has 5 rings (SSSR count). The smallest absolute Gasteiger partial charge is 0.340 e. The maximum absolute atomic E-state index is 13.6. The van der Waals surface area contributed by atoms with Crippen LogP contribution in [0.5, 0.6) is 0 Å². The van der Waals surface area contributed by atoms with Gasteiger partial charge < -0.3 is 14.0 Å². The van der Waals surface area contributed by atoms with Crippen molar-refractivity contribution in [3.63, 3.8) is 0 Å². The average Bonchev–Trinajstić information content (AvgIpc) is 3.47. The summed E-state index contributed by atoms with van der Waals surface area (Å²) in [6, 6.07) is 11.6. The van der Waals surface area contributed by atoms with Crippen molar-refractivity contribution in [3.8, 4) is 22.4 Å². The number of esters is 1. The standard InChI is InChI=1S/C33H36ClN5O3/c1-8-41-32(40)30(42-33(4,5)6)27-21(3)37-31-26(28(27)23-11-13-25(34)14-12-23)20(2)29(24-10-9-15-35-17-24)39(31)19-22-16-36-38(7)18-22/h9-18,30H,8,19H2,1-7H3/t30-/m0/s1. The SMILES string of the molecule is CCOC(=O)[C@@H](OC(C)(C)C)c1c(C)nc2c(c(C)c(-c3cccnc3)n2Cc2cnn(C)c2)c1-c1ccc(Cl)cc1. The number of fused-ring (bicyclic) bond motifs is 1. The number of carbonyl (C=O) groups is 1. The highest BCUT2D eigenvalue weighted by Gasteiger charge is 2.35. The van der Waals surface area contributed by atoms with E-state index < -0.39 is 17.7 Å². The molecule has 4 heterocycles. The molecule has 0 bridgehead atoms. The van der Waals surface area contributed by atoms with Gasteiger partial charge in [0.2, 0.25) is 0 Å². The number of nitrogens with zero attached hydrogens (tertiary/aromatic N) is 5. The van der Waals surface area contributed by atoms with E-state index in [1.54, 1.807) is 17.8 Å². The Kier molecular flexibility index (Phi) is 8.21. The Hall–Kier alpha value is -4.01. The second-order valence-corrected chi connectivity index (χ2v) is 11.8. The van der Waals surface area contributed by atoms with E-state index in [-0.39, 0.29) is 6.61 Å². The zero-order valence-electron chi connectivity index (χ0n) is 25.1. The fourth-order valence-corrected chi connectivity index (χ4v) is 5.60. The van der Waals surface area contributed by atoms with Crippen molar-refractivity contribution in [3.05, 3.63) is 88.6 Å². The van der Waals surface area contributed by atoms with E-state index in [2.05, 4.69) is 21.6 Å². The van der Waals surface area contributed by atoms with Crippen LogP contribution in [0.2, 0.25) is 5.02 Å². The zero-order valence-corrected chi connectivity index (χ0v) is 25.9. The Balaban J connectivity index is 1.91. The summed E-state index contributed by atoms with van der Waals surface area (Å²) in [6.07, 6.45) is 6.50. The van der Waals surface area contributed by atoms with Crippen molar-refractivity contribution in [1.82, 2.24) is 24.3 Å². The molecule has 0 unspecified atom stereocenters. The Bertz CT molecular complexity index is 1730. The van der Waals surface area contributed by atoms with E-state index >= 15 is 0 Å². The van der Waals surface area contributed by atoms with Crippen molar-refractivity contribution in [1.29, 1.82) is 0 Å². The monoisotopic (exact) mass is 585 g/mol. The Morgan fingerprint density at radius 2 is 1.81 bits per heavy atom. The summed E-state index contributed by atoms with van der Waals surface area (Å²) in [5, 5.41) is 5.94. The van der Waals surface area contributed by atoms with E-state index in [9.17, 15) is 4.79 Å². The van der Waals surface area contributed by atoms with E-state index in [4.69, 9.17) is 26.1 Å². The topological polar surface area (TPSA) is 84.1 Å². The summed E-state index contributed by atoms with van der Waals surface area (Å²) in [5.41, 5.74) is 7.29. The minimum absolute atomic E-state index is 0.236. The lowest BCUT2D eigenvalue weighted by molar-refractivity contribution is -0.166. The predicted molar refractivity (Wildman–Crippen MR) is 165 cm³/mol. The molecule has 4 aromatic heterocycles. The predicted octanol–water partition coefficient (Wildman–Crippen LogP) is 7.24. The molecule has 0 aliphatic carbocycles. The normalized spacial score (nSPS) is 12.6. The van der Waals surface area contributed by atoms with Crippen LogP contribution < -0.4 is 0 Å². The van der Waals surface area contributed by atoms with Gasteiger partial charge in [0.25, 0.3) is 0 Å². The molecular weight excluding hydrogens is 550 g/mol. The fourth-order valence-electron chi connectivity index (χ4n) is 5.48. The first-order valence-corrected chi connectivity index (χ1v) is 14.4. The molecule has 0 saturated heterocycles. The number of carbonyl (C=O) groups excluding carboxylic acids is 1. The zero-order chi connectivity index (χ0) is 30.2. The van der Waals surface area contributed by atoms with Gasteiger partial charge in [0, 0.05) is 64.0 Å². The molecule has 5 aromatic rings. The van der Waals surface area contributed by atoms with Crippen LogP contribution in [0.25, 0.3) is 33.4 Å². The number of halogens is 1. The lowest BCUT2D eigenvalue weighted by Gasteiger charge is -2.29. The van der Waals surface area contributed by atoms with Crippen LogP contribution in [-0.4, -0.2) is 42.5 Å². The summed E-state index contributed by atoms with van der Waals surface area (Å²) < 4.78 is 16.0.